The number of ether oxygens (including phenoxy) is 1. The molecule has 4 aromatic rings. The lowest BCUT2D eigenvalue weighted by atomic mass is 9.91. The summed E-state index contributed by atoms with van der Waals surface area (Å²) in [7, 11) is 2.11. The number of aryl methyl sites for hydroxylation is 1. The van der Waals surface area contributed by atoms with E-state index in [0.29, 0.717) is 17.4 Å². The number of alkyl halides is 3. The van der Waals surface area contributed by atoms with Gasteiger partial charge in [-0.2, -0.15) is 13.2 Å². The zero-order valence-electron chi connectivity index (χ0n) is 20.9. The van der Waals surface area contributed by atoms with Gasteiger partial charge in [-0.05, 0) is 49.2 Å². The Kier molecular flexibility index (Phi) is 7.00. The zero-order chi connectivity index (χ0) is 25.7. The highest BCUT2D eigenvalue weighted by atomic mass is 35.5. The van der Waals surface area contributed by atoms with E-state index in [1.54, 1.807) is 16.8 Å². The van der Waals surface area contributed by atoms with Crippen LogP contribution < -0.4 is 10.3 Å². The van der Waals surface area contributed by atoms with Crippen LogP contribution >= 0.6 is 12.4 Å². The molecule has 2 aliphatic rings. The van der Waals surface area contributed by atoms with Crippen molar-refractivity contribution in [1.29, 1.82) is 0 Å². The molecule has 200 valence electrons. The monoisotopic (exact) mass is 544 g/mol. The van der Waals surface area contributed by atoms with Gasteiger partial charge in [-0.15, -0.1) is 12.4 Å². The molecule has 0 amide bonds. The number of pyridine rings is 2. The van der Waals surface area contributed by atoms with Gasteiger partial charge in [0, 0.05) is 61.2 Å². The van der Waals surface area contributed by atoms with Crippen LogP contribution in [-0.2, 0) is 32.8 Å². The van der Waals surface area contributed by atoms with Gasteiger partial charge in [-0.1, -0.05) is 18.6 Å². The van der Waals surface area contributed by atoms with Crippen molar-refractivity contribution < 1.29 is 17.9 Å². The molecular formula is C28H28ClF3N4O2. The van der Waals surface area contributed by atoms with Gasteiger partial charge in [-0.3, -0.25) is 19.2 Å². The second-order valence-electron chi connectivity index (χ2n) is 9.92. The molecule has 1 aromatic carbocycles. The molecule has 1 fully saturated rings. The molecule has 1 unspecified atom stereocenters. The van der Waals surface area contributed by atoms with Crippen LogP contribution in [0.1, 0.15) is 41.8 Å². The van der Waals surface area contributed by atoms with Crippen molar-refractivity contribution in [2.24, 2.45) is 7.05 Å². The highest BCUT2D eigenvalue weighted by Crippen LogP contribution is 2.36. The number of fused-ring (bicyclic) bond motifs is 4. The first-order chi connectivity index (χ1) is 17.8. The summed E-state index contributed by atoms with van der Waals surface area (Å²) in [4.78, 5) is 19.0. The van der Waals surface area contributed by atoms with Crippen molar-refractivity contribution >= 4 is 23.3 Å². The standard InChI is InChI=1S/C28H27F3N4O2.ClH/c1-33-24-13-20(6-7-22(24)23-16-34-10-3-2-4-19(34)12-25(23)33)35-11-9-21(14-27(35)36)37-17-18-5-8-26(32-15-18)28(29,30)31;/h5-9,11,13-15,19H,2-4,10,12,16-17H2,1H3;1H. The molecule has 6 rings (SSSR count). The Morgan fingerprint density at radius 3 is 2.68 bits per heavy atom. The van der Waals surface area contributed by atoms with E-state index in [4.69, 9.17) is 4.74 Å². The summed E-state index contributed by atoms with van der Waals surface area (Å²) in [6, 6.07) is 12.1. The lowest BCUT2D eigenvalue weighted by Crippen LogP contribution is -2.43. The predicted octanol–water partition coefficient (Wildman–Crippen LogP) is 5.65. The molecule has 2 aliphatic heterocycles. The quantitative estimate of drug-likeness (QED) is 0.333. The first-order valence-electron chi connectivity index (χ1n) is 12.5. The fourth-order valence-corrected chi connectivity index (χ4v) is 5.68. The van der Waals surface area contributed by atoms with Crippen LogP contribution in [0.2, 0.25) is 0 Å². The summed E-state index contributed by atoms with van der Waals surface area (Å²) < 4.78 is 47.6. The molecule has 0 aliphatic carbocycles. The van der Waals surface area contributed by atoms with Crippen LogP contribution in [0.25, 0.3) is 16.6 Å². The lowest BCUT2D eigenvalue weighted by molar-refractivity contribution is -0.141. The predicted molar refractivity (Wildman–Crippen MR) is 141 cm³/mol. The highest BCUT2D eigenvalue weighted by molar-refractivity contribution is 5.87. The van der Waals surface area contributed by atoms with Gasteiger partial charge in [0.1, 0.15) is 18.1 Å². The van der Waals surface area contributed by atoms with Crippen LogP contribution in [0, 0.1) is 0 Å². The van der Waals surface area contributed by atoms with E-state index in [1.807, 2.05) is 6.07 Å². The number of halogens is 4. The summed E-state index contributed by atoms with van der Waals surface area (Å²) in [5, 5.41) is 1.24. The minimum absolute atomic E-state index is 0. The third-order valence-corrected chi connectivity index (χ3v) is 7.65. The number of piperidine rings is 1. The number of benzene rings is 1. The molecule has 3 aromatic heterocycles. The minimum Gasteiger partial charge on any atom is -0.489 e. The zero-order valence-corrected chi connectivity index (χ0v) is 21.7. The highest BCUT2D eigenvalue weighted by Gasteiger charge is 2.32. The van der Waals surface area contributed by atoms with Crippen molar-refractivity contribution in [1.82, 2.24) is 19.0 Å². The molecule has 1 saturated heterocycles. The topological polar surface area (TPSA) is 52.3 Å². The maximum atomic E-state index is 12.9. The van der Waals surface area contributed by atoms with Crippen molar-refractivity contribution in [2.75, 3.05) is 6.54 Å². The van der Waals surface area contributed by atoms with Crippen molar-refractivity contribution in [2.45, 2.75) is 51.1 Å². The lowest BCUT2D eigenvalue weighted by Gasteiger charge is -2.39. The average Bonchev–Trinajstić information content (AvgIpc) is 3.16. The molecular weight excluding hydrogens is 517 g/mol. The third kappa shape index (κ3) is 4.80. The van der Waals surface area contributed by atoms with Gasteiger partial charge in [0.25, 0.3) is 5.56 Å². The first kappa shape index (κ1) is 26.3. The van der Waals surface area contributed by atoms with Crippen LogP contribution in [0.5, 0.6) is 5.75 Å². The summed E-state index contributed by atoms with van der Waals surface area (Å²) in [6.45, 7) is 2.16. The second-order valence-corrected chi connectivity index (χ2v) is 9.92. The Hall–Kier alpha value is -3.30. The first-order valence-corrected chi connectivity index (χ1v) is 12.5. The molecule has 1 atom stereocenters. The molecule has 0 spiro atoms. The fraction of sp³-hybridized carbons (Fsp3) is 0.357. The molecule has 6 nitrogen and oxygen atoms in total. The maximum absolute atomic E-state index is 12.9. The van der Waals surface area contributed by atoms with E-state index in [9.17, 15) is 18.0 Å². The number of aromatic nitrogens is 3. The van der Waals surface area contributed by atoms with E-state index in [2.05, 4.69) is 33.6 Å². The minimum atomic E-state index is -4.48. The van der Waals surface area contributed by atoms with Crippen molar-refractivity contribution in [3.8, 4) is 11.4 Å². The number of nitrogens with zero attached hydrogens (tertiary/aromatic N) is 4. The van der Waals surface area contributed by atoms with Crippen LogP contribution in [0.15, 0.2) is 59.7 Å². The summed E-state index contributed by atoms with van der Waals surface area (Å²) >= 11 is 0. The second kappa shape index (κ2) is 10.1. The summed E-state index contributed by atoms with van der Waals surface area (Å²) in [5.41, 5.74) is 3.95. The van der Waals surface area contributed by atoms with E-state index in [1.165, 1.54) is 48.0 Å². The SMILES string of the molecule is Cl.Cn1c2c(c3ccc(-n4ccc(OCc5ccc(C(F)(F)F)nc5)cc4=O)cc31)CN1CCCCC1C2. The largest absolute Gasteiger partial charge is 0.489 e. The molecule has 5 heterocycles. The smallest absolute Gasteiger partial charge is 0.433 e. The molecule has 0 bridgehead atoms. The Balaban J connectivity index is 0.00000294. The Morgan fingerprint density at radius 1 is 1.11 bits per heavy atom. The molecule has 0 saturated carbocycles. The van der Waals surface area contributed by atoms with Gasteiger partial charge < -0.3 is 9.30 Å². The molecule has 38 heavy (non-hydrogen) atoms. The Labute approximate surface area is 224 Å². The van der Waals surface area contributed by atoms with Gasteiger partial charge in [-0.25, -0.2) is 0 Å². The van der Waals surface area contributed by atoms with E-state index in [0.717, 1.165) is 43.0 Å². The fourth-order valence-electron chi connectivity index (χ4n) is 5.68. The van der Waals surface area contributed by atoms with Crippen molar-refractivity contribution in [3.63, 3.8) is 0 Å². The molecule has 0 N–H and O–H groups in total. The molecule has 10 heteroatoms. The normalized spacial score (nSPS) is 17.5. The van der Waals surface area contributed by atoms with Crippen molar-refractivity contribution in [3.05, 3.63) is 87.7 Å². The van der Waals surface area contributed by atoms with Gasteiger partial charge in [0.2, 0.25) is 0 Å². The third-order valence-electron chi connectivity index (χ3n) is 7.65. The molecule has 0 radical (unpaired) electrons. The Bertz CT molecular complexity index is 1530. The number of hydrogen-bond acceptors (Lipinski definition) is 4. The summed E-state index contributed by atoms with van der Waals surface area (Å²) in [5.74, 6) is 0.341. The maximum Gasteiger partial charge on any atom is 0.433 e. The van der Waals surface area contributed by atoms with Gasteiger partial charge in [0.05, 0.1) is 11.2 Å². The number of hydrogen-bond donors (Lipinski definition) is 0. The average molecular weight is 545 g/mol. The Morgan fingerprint density at radius 2 is 1.95 bits per heavy atom. The van der Waals surface area contributed by atoms with Crippen LogP contribution in [-0.4, -0.2) is 31.6 Å². The van der Waals surface area contributed by atoms with Gasteiger partial charge >= 0.3 is 6.18 Å². The van der Waals surface area contributed by atoms with E-state index >= 15 is 0 Å². The van der Waals surface area contributed by atoms with Gasteiger partial charge in [0.15, 0.2) is 0 Å². The summed E-state index contributed by atoms with van der Waals surface area (Å²) in [6.07, 6.45) is 3.19. The van der Waals surface area contributed by atoms with Crippen LogP contribution in [0.3, 0.4) is 0 Å². The van der Waals surface area contributed by atoms with Crippen LogP contribution in [0.4, 0.5) is 13.2 Å². The van der Waals surface area contributed by atoms with E-state index < -0.39 is 11.9 Å². The van der Waals surface area contributed by atoms with E-state index in [-0.39, 0.29) is 24.6 Å². The number of rotatable bonds is 4.